The number of ether oxygens (including phenoxy) is 2. The van der Waals surface area contributed by atoms with E-state index in [1.54, 1.807) is 14.2 Å². The number of nitrogens with zero attached hydrogens (tertiary/aromatic N) is 1. The second kappa shape index (κ2) is 6.38. The first-order chi connectivity index (χ1) is 10.7. The van der Waals surface area contributed by atoms with Crippen LogP contribution in [0.1, 0.15) is 11.9 Å². The number of benzene rings is 2. The maximum Gasteiger partial charge on any atom is 0.183 e. The van der Waals surface area contributed by atoms with Crippen molar-refractivity contribution in [3.05, 3.63) is 51.5 Å². The van der Waals surface area contributed by atoms with Gasteiger partial charge < -0.3 is 14.0 Å². The van der Waals surface area contributed by atoms with E-state index in [9.17, 15) is 0 Å². The molecule has 1 aromatic heterocycles. The molecular formula is C16H13BrClNO3. The minimum atomic E-state index is -0.440. The van der Waals surface area contributed by atoms with E-state index in [1.165, 1.54) is 0 Å². The maximum absolute atomic E-state index is 6.36. The van der Waals surface area contributed by atoms with Gasteiger partial charge in [-0.15, -0.1) is 0 Å². The lowest BCUT2D eigenvalue weighted by atomic mass is 10.1. The summed E-state index contributed by atoms with van der Waals surface area (Å²) in [6.45, 7) is 0. The van der Waals surface area contributed by atoms with Crippen LogP contribution in [0.15, 0.2) is 45.4 Å². The summed E-state index contributed by atoms with van der Waals surface area (Å²) in [5.41, 5.74) is 3.06. The summed E-state index contributed by atoms with van der Waals surface area (Å²) in [6, 6.07) is 11.4. The van der Waals surface area contributed by atoms with Crippen LogP contribution in [0.4, 0.5) is 0 Å². The summed E-state index contributed by atoms with van der Waals surface area (Å²) in [5.74, 6) is 0. The van der Waals surface area contributed by atoms with E-state index < -0.39 is 6.29 Å². The van der Waals surface area contributed by atoms with Gasteiger partial charge in [-0.25, -0.2) is 0 Å². The van der Waals surface area contributed by atoms with Gasteiger partial charge in [0.15, 0.2) is 11.9 Å². The van der Waals surface area contributed by atoms with Crippen LogP contribution in [0.25, 0.3) is 22.2 Å². The second-order valence-corrected chi connectivity index (χ2v) is 5.92. The van der Waals surface area contributed by atoms with Crippen LogP contribution in [-0.2, 0) is 9.47 Å². The van der Waals surface area contributed by atoms with Crippen molar-refractivity contribution in [3.63, 3.8) is 0 Å². The van der Waals surface area contributed by atoms with Crippen molar-refractivity contribution in [2.45, 2.75) is 6.29 Å². The monoisotopic (exact) mass is 381 g/mol. The molecule has 2 aromatic carbocycles. The summed E-state index contributed by atoms with van der Waals surface area (Å²) < 4.78 is 16.8. The molecule has 0 N–H and O–H groups in total. The normalized spacial score (nSPS) is 11.5. The number of halogens is 2. The molecule has 0 atom stereocenters. The third-order valence-electron chi connectivity index (χ3n) is 3.40. The van der Waals surface area contributed by atoms with E-state index in [0.29, 0.717) is 16.3 Å². The number of methoxy groups -OCH3 is 2. The van der Waals surface area contributed by atoms with Crippen LogP contribution in [0.2, 0.25) is 5.02 Å². The van der Waals surface area contributed by atoms with E-state index >= 15 is 0 Å². The standard InChI is InChI=1S/C16H13BrClNO3/c1-20-16(21-2)9-6-7-13-11(8-9)15(19-22-13)10-4-3-5-12(17)14(10)18/h3-8,16H,1-2H3. The van der Waals surface area contributed by atoms with E-state index in [1.807, 2.05) is 36.4 Å². The van der Waals surface area contributed by atoms with Gasteiger partial charge in [-0.2, -0.15) is 0 Å². The Morgan fingerprint density at radius 2 is 1.95 bits per heavy atom. The van der Waals surface area contributed by atoms with Gasteiger partial charge in [0.1, 0.15) is 5.69 Å². The fourth-order valence-electron chi connectivity index (χ4n) is 2.35. The molecule has 0 aliphatic heterocycles. The molecule has 0 saturated heterocycles. The Balaban J connectivity index is 2.18. The Morgan fingerprint density at radius 3 is 2.68 bits per heavy atom. The Hall–Kier alpha value is -1.40. The Bertz CT molecular complexity index is 814. The van der Waals surface area contributed by atoms with Crippen molar-refractivity contribution in [3.8, 4) is 11.3 Å². The van der Waals surface area contributed by atoms with Gasteiger partial charge >= 0.3 is 0 Å². The molecule has 0 bridgehead atoms. The fourth-order valence-corrected chi connectivity index (χ4v) is 2.93. The van der Waals surface area contributed by atoms with Crippen LogP contribution in [0.3, 0.4) is 0 Å². The van der Waals surface area contributed by atoms with Crippen LogP contribution >= 0.6 is 27.5 Å². The summed E-state index contributed by atoms with van der Waals surface area (Å²) in [7, 11) is 3.19. The smallest absolute Gasteiger partial charge is 0.183 e. The van der Waals surface area contributed by atoms with E-state index in [-0.39, 0.29) is 0 Å². The van der Waals surface area contributed by atoms with Gasteiger partial charge in [-0.05, 0) is 34.1 Å². The maximum atomic E-state index is 6.36. The molecule has 0 aliphatic carbocycles. The van der Waals surface area contributed by atoms with Crippen LogP contribution in [0.5, 0.6) is 0 Å². The molecule has 0 radical (unpaired) electrons. The lowest BCUT2D eigenvalue weighted by molar-refractivity contribution is -0.105. The topological polar surface area (TPSA) is 44.5 Å². The van der Waals surface area contributed by atoms with Crippen molar-refractivity contribution < 1.29 is 14.0 Å². The third-order valence-corrected chi connectivity index (χ3v) is 4.70. The van der Waals surface area contributed by atoms with Gasteiger partial charge in [0.25, 0.3) is 0 Å². The summed E-state index contributed by atoms with van der Waals surface area (Å²) in [5, 5.41) is 5.61. The zero-order valence-corrected chi connectivity index (χ0v) is 14.3. The first-order valence-electron chi connectivity index (χ1n) is 6.55. The zero-order chi connectivity index (χ0) is 15.7. The minimum absolute atomic E-state index is 0.440. The average Bonchev–Trinajstić information content (AvgIpc) is 2.94. The fraction of sp³-hybridized carbons (Fsp3) is 0.188. The zero-order valence-electron chi connectivity index (χ0n) is 12.0. The average molecular weight is 383 g/mol. The summed E-state index contributed by atoms with van der Waals surface area (Å²) >= 11 is 9.79. The van der Waals surface area contributed by atoms with Crippen molar-refractivity contribution in [1.82, 2.24) is 5.16 Å². The van der Waals surface area contributed by atoms with E-state index in [4.69, 9.17) is 25.6 Å². The molecule has 114 valence electrons. The van der Waals surface area contributed by atoms with Crippen molar-refractivity contribution in [2.75, 3.05) is 14.2 Å². The minimum Gasteiger partial charge on any atom is -0.356 e. The number of rotatable bonds is 4. The molecular weight excluding hydrogens is 370 g/mol. The number of hydrogen-bond acceptors (Lipinski definition) is 4. The van der Waals surface area contributed by atoms with Gasteiger partial charge in [0, 0.05) is 29.8 Å². The molecule has 3 aromatic rings. The molecule has 0 aliphatic rings. The molecule has 3 rings (SSSR count). The third kappa shape index (κ3) is 2.65. The molecule has 4 nitrogen and oxygen atoms in total. The highest BCUT2D eigenvalue weighted by molar-refractivity contribution is 9.10. The quantitative estimate of drug-likeness (QED) is 0.582. The first-order valence-corrected chi connectivity index (χ1v) is 7.72. The molecule has 0 unspecified atom stereocenters. The van der Waals surface area contributed by atoms with Gasteiger partial charge in [0.05, 0.1) is 10.4 Å². The van der Waals surface area contributed by atoms with E-state index in [0.717, 1.165) is 21.0 Å². The van der Waals surface area contributed by atoms with Gasteiger partial charge in [-0.1, -0.05) is 35.0 Å². The summed E-state index contributed by atoms with van der Waals surface area (Å²) in [6.07, 6.45) is -0.440. The highest BCUT2D eigenvalue weighted by Gasteiger charge is 2.17. The molecule has 0 spiro atoms. The number of fused-ring (bicyclic) bond motifs is 1. The Kier molecular flexibility index (Phi) is 4.49. The Labute approximate surface area is 141 Å². The second-order valence-electron chi connectivity index (χ2n) is 4.69. The molecule has 0 saturated carbocycles. The van der Waals surface area contributed by atoms with Crippen molar-refractivity contribution >= 4 is 38.5 Å². The van der Waals surface area contributed by atoms with Crippen molar-refractivity contribution in [2.24, 2.45) is 0 Å². The Morgan fingerprint density at radius 1 is 1.18 bits per heavy atom. The van der Waals surface area contributed by atoms with Crippen LogP contribution in [0, 0.1) is 0 Å². The molecule has 22 heavy (non-hydrogen) atoms. The van der Waals surface area contributed by atoms with E-state index in [2.05, 4.69) is 21.1 Å². The van der Waals surface area contributed by atoms with Crippen LogP contribution in [-0.4, -0.2) is 19.4 Å². The predicted molar refractivity (Wildman–Crippen MR) is 88.9 cm³/mol. The number of hydrogen-bond donors (Lipinski definition) is 0. The largest absolute Gasteiger partial charge is 0.356 e. The predicted octanol–water partition coefficient (Wildman–Crippen LogP) is 5.20. The molecule has 1 heterocycles. The molecule has 0 fully saturated rings. The number of aromatic nitrogens is 1. The molecule has 0 amide bonds. The van der Waals surface area contributed by atoms with Crippen molar-refractivity contribution in [1.29, 1.82) is 0 Å². The first kappa shape index (κ1) is 15.5. The lowest BCUT2D eigenvalue weighted by Crippen LogP contribution is -2.03. The van der Waals surface area contributed by atoms with Crippen LogP contribution < -0.4 is 0 Å². The highest BCUT2D eigenvalue weighted by Crippen LogP contribution is 2.37. The van der Waals surface area contributed by atoms with Gasteiger partial charge in [-0.3, -0.25) is 0 Å². The highest BCUT2D eigenvalue weighted by atomic mass is 79.9. The van der Waals surface area contributed by atoms with Gasteiger partial charge in [0.2, 0.25) is 0 Å². The SMILES string of the molecule is COC(OC)c1ccc2onc(-c3cccc(Br)c3Cl)c2c1. The lowest BCUT2D eigenvalue weighted by Gasteiger charge is -2.13. The molecule has 6 heteroatoms. The summed E-state index contributed by atoms with van der Waals surface area (Å²) in [4.78, 5) is 0.